The number of carbonyl (C=O) groups excluding carboxylic acids is 2. The van der Waals surface area contributed by atoms with Gasteiger partial charge in [0.25, 0.3) is 0 Å². The van der Waals surface area contributed by atoms with Crippen LogP contribution >= 0.6 is 0 Å². The lowest BCUT2D eigenvalue weighted by atomic mass is 10.1. The third kappa shape index (κ3) is 4.32. The Morgan fingerprint density at radius 1 is 1.00 bits per heavy atom. The summed E-state index contributed by atoms with van der Waals surface area (Å²) in [5.74, 6) is 0. The first-order valence-corrected chi connectivity index (χ1v) is 8.20. The Hall–Kier alpha value is -3.48. The number of aromatic amines is 1. The van der Waals surface area contributed by atoms with Crippen LogP contribution in [0.5, 0.6) is 0 Å². The Morgan fingerprint density at radius 3 is 2.42 bits per heavy atom. The number of amides is 3. The summed E-state index contributed by atoms with van der Waals surface area (Å²) < 4.78 is 4.52. The van der Waals surface area contributed by atoms with Crippen molar-refractivity contribution < 1.29 is 14.3 Å². The Kier molecular flexibility index (Phi) is 5.38. The van der Waals surface area contributed by atoms with Crippen LogP contribution in [-0.2, 0) is 11.2 Å². The molecule has 0 saturated carbocycles. The van der Waals surface area contributed by atoms with Crippen molar-refractivity contribution in [3.05, 3.63) is 60.3 Å². The Labute approximate surface area is 150 Å². The van der Waals surface area contributed by atoms with Gasteiger partial charge in [-0.25, -0.2) is 9.59 Å². The maximum Gasteiger partial charge on any atom is 0.411 e. The molecule has 0 radical (unpaired) electrons. The molecule has 0 unspecified atom stereocenters. The SMILES string of the molecule is COC(=O)Nc1ccc(NC(=O)NCCc2c[nH]c3ccccc23)cc1. The molecule has 0 aliphatic heterocycles. The van der Waals surface area contributed by atoms with Crippen LogP contribution in [0.1, 0.15) is 5.56 Å². The fourth-order valence-electron chi connectivity index (χ4n) is 2.63. The number of hydrogen-bond acceptors (Lipinski definition) is 3. The Bertz CT molecular complexity index is 903. The molecule has 0 saturated heterocycles. The summed E-state index contributed by atoms with van der Waals surface area (Å²) in [4.78, 5) is 26.3. The molecular weight excluding hydrogens is 332 g/mol. The van der Waals surface area contributed by atoms with Gasteiger partial charge >= 0.3 is 12.1 Å². The predicted molar refractivity (Wildman–Crippen MR) is 101 cm³/mol. The number of ether oxygens (including phenoxy) is 1. The van der Waals surface area contributed by atoms with Crippen LogP contribution in [0.4, 0.5) is 21.0 Å². The average Bonchev–Trinajstić information content (AvgIpc) is 3.06. The number of fused-ring (bicyclic) bond motifs is 1. The van der Waals surface area contributed by atoms with E-state index < -0.39 is 6.09 Å². The zero-order valence-electron chi connectivity index (χ0n) is 14.3. The maximum atomic E-state index is 12.0. The second kappa shape index (κ2) is 8.06. The van der Waals surface area contributed by atoms with Crippen molar-refractivity contribution in [2.75, 3.05) is 24.3 Å². The number of urea groups is 1. The van der Waals surface area contributed by atoms with Gasteiger partial charge in [-0.3, -0.25) is 5.32 Å². The molecular formula is C19H20N4O3. The molecule has 0 aliphatic rings. The summed E-state index contributed by atoms with van der Waals surface area (Å²) in [6.07, 6.45) is 2.16. The van der Waals surface area contributed by atoms with Crippen LogP contribution in [0, 0.1) is 0 Å². The molecule has 0 aliphatic carbocycles. The van der Waals surface area contributed by atoms with Gasteiger partial charge in [-0.05, 0) is 42.3 Å². The zero-order valence-corrected chi connectivity index (χ0v) is 14.3. The molecule has 26 heavy (non-hydrogen) atoms. The van der Waals surface area contributed by atoms with Crippen molar-refractivity contribution in [3.8, 4) is 0 Å². The number of carbonyl (C=O) groups is 2. The lowest BCUT2D eigenvalue weighted by Crippen LogP contribution is -2.30. The molecule has 1 heterocycles. The maximum absolute atomic E-state index is 12.0. The van der Waals surface area contributed by atoms with Crippen molar-refractivity contribution in [3.63, 3.8) is 0 Å². The van der Waals surface area contributed by atoms with Gasteiger partial charge < -0.3 is 20.4 Å². The highest BCUT2D eigenvalue weighted by Gasteiger charge is 2.05. The van der Waals surface area contributed by atoms with Crippen molar-refractivity contribution in [1.82, 2.24) is 10.3 Å². The van der Waals surface area contributed by atoms with E-state index in [0.29, 0.717) is 17.9 Å². The number of nitrogens with one attached hydrogen (secondary N) is 4. The smallest absolute Gasteiger partial charge is 0.411 e. The summed E-state index contributed by atoms with van der Waals surface area (Å²) in [7, 11) is 1.30. The molecule has 0 bridgehead atoms. The van der Waals surface area contributed by atoms with E-state index in [0.717, 1.165) is 11.9 Å². The minimum atomic E-state index is -0.541. The molecule has 0 spiro atoms. The quantitative estimate of drug-likeness (QED) is 0.564. The van der Waals surface area contributed by atoms with Gasteiger partial charge in [-0.2, -0.15) is 0 Å². The van der Waals surface area contributed by atoms with Crippen LogP contribution in [0.2, 0.25) is 0 Å². The first-order valence-electron chi connectivity index (χ1n) is 8.20. The van der Waals surface area contributed by atoms with Gasteiger partial charge in [0.05, 0.1) is 7.11 Å². The fraction of sp³-hybridized carbons (Fsp3) is 0.158. The summed E-state index contributed by atoms with van der Waals surface area (Å²) in [5, 5.41) is 9.30. The van der Waals surface area contributed by atoms with E-state index in [1.54, 1.807) is 24.3 Å². The molecule has 0 fully saturated rings. The molecule has 3 rings (SSSR count). The number of methoxy groups -OCH3 is 1. The molecule has 3 amide bonds. The summed E-state index contributed by atoms with van der Waals surface area (Å²) in [5.41, 5.74) is 3.47. The fourth-order valence-corrected chi connectivity index (χ4v) is 2.63. The lowest BCUT2D eigenvalue weighted by molar-refractivity contribution is 0.187. The monoisotopic (exact) mass is 352 g/mol. The highest BCUT2D eigenvalue weighted by atomic mass is 16.5. The average molecular weight is 352 g/mol. The van der Waals surface area contributed by atoms with Gasteiger partial charge in [-0.1, -0.05) is 18.2 Å². The number of para-hydroxylation sites is 1. The van der Waals surface area contributed by atoms with E-state index >= 15 is 0 Å². The normalized spacial score (nSPS) is 10.3. The summed E-state index contributed by atoms with van der Waals surface area (Å²) in [6, 6.07) is 14.5. The number of anilines is 2. The summed E-state index contributed by atoms with van der Waals surface area (Å²) in [6.45, 7) is 0.523. The van der Waals surface area contributed by atoms with Crippen LogP contribution in [0.25, 0.3) is 10.9 Å². The van der Waals surface area contributed by atoms with Crippen LogP contribution in [0.3, 0.4) is 0 Å². The van der Waals surface area contributed by atoms with Crippen LogP contribution in [0.15, 0.2) is 54.7 Å². The zero-order chi connectivity index (χ0) is 18.4. The minimum absolute atomic E-state index is 0.279. The molecule has 134 valence electrons. The van der Waals surface area contributed by atoms with Gasteiger partial charge in [0.2, 0.25) is 0 Å². The number of aromatic nitrogens is 1. The predicted octanol–water partition coefficient (Wildman–Crippen LogP) is 3.71. The lowest BCUT2D eigenvalue weighted by Gasteiger charge is -2.09. The first-order chi connectivity index (χ1) is 12.7. The van der Waals surface area contributed by atoms with Crippen molar-refractivity contribution in [2.45, 2.75) is 6.42 Å². The second-order valence-corrected chi connectivity index (χ2v) is 5.68. The first kappa shape index (κ1) is 17.3. The molecule has 2 aromatic carbocycles. The van der Waals surface area contributed by atoms with Gasteiger partial charge in [0.1, 0.15) is 0 Å². The summed E-state index contributed by atoms with van der Waals surface area (Å²) >= 11 is 0. The topological polar surface area (TPSA) is 95.2 Å². The highest BCUT2D eigenvalue weighted by Crippen LogP contribution is 2.17. The number of H-pyrrole nitrogens is 1. The molecule has 7 nitrogen and oxygen atoms in total. The van der Waals surface area contributed by atoms with E-state index in [9.17, 15) is 9.59 Å². The van der Waals surface area contributed by atoms with Crippen LogP contribution in [-0.4, -0.2) is 30.8 Å². The van der Waals surface area contributed by atoms with Crippen molar-refractivity contribution >= 4 is 34.4 Å². The Morgan fingerprint density at radius 2 is 1.69 bits per heavy atom. The molecule has 4 N–H and O–H groups in total. The van der Waals surface area contributed by atoms with E-state index in [1.165, 1.54) is 18.1 Å². The molecule has 0 atom stereocenters. The van der Waals surface area contributed by atoms with E-state index in [-0.39, 0.29) is 6.03 Å². The molecule has 3 aromatic rings. The number of benzene rings is 2. The van der Waals surface area contributed by atoms with E-state index in [1.807, 2.05) is 24.4 Å². The van der Waals surface area contributed by atoms with Gasteiger partial charge in [0.15, 0.2) is 0 Å². The molecule has 7 heteroatoms. The number of hydrogen-bond donors (Lipinski definition) is 4. The van der Waals surface area contributed by atoms with Gasteiger partial charge in [-0.15, -0.1) is 0 Å². The largest absolute Gasteiger partial charge is 0.453 e. The number of rotatable bonds is 5. The van der Waals surface area contributed by atoms with E-state index in [4.69, 9.17) is 0 Å². The van der Waals surface area contributed by atoms with Crippen molar-refractivity contribution in [1.29, 1.82) is 0 Å². The van der Waals surface area contributed by atoms with E-state index in [2.05, 4.69) is 31.7 Å². The standard InChI is InChI=1S/C19H20N4O3/c1-26-19(25)23-15-8-6-14(7-9-15)22-18(24)20-11-10-13-12-21-17-5-3-2-4-16(13)17/h2-9,12,21H,10-11H2,1H3,(H,23,25)(H2,20,22,24). The van der Waals surface area contributed by atoms with Crippen molar-refractivity contribution in [2.24, 2.45) is 0 Å². The minimum Gasteiger partial charge on any atom is -0.453 e. The third-order valence-corrected chi connectivity index (χ3v) is 3.93. The highest BCUT2D eigenvalue weighted by molar-refractivity contribution is 5.90. The molecule has 1 aromatic heterocycles. The van der Waals surface area contributed by atoms with Crippen LogP contribution < -0.4 is 16.0 Å². The second-order valence-electron chi connectivity index (χ2n) is 5.68. The van der Waals surface area contributed by atoms with Gasteiger partial charge in [0, 0.05) is 35.0 Å². The Balaban J connectivity index is 1.47. The third-order valence-electron chi connectivity index (χ3n) is 3.93.